The monoisotopic (exact) mass is 201 g/mol. The van der Waals surface area contributed by atoms with Gasteiger partial charge < -0.3 is 5.32 Å². The molecular weight excluding hydrogens is 178 g/mol. The smallest absolute Gasteiger partial charge is 0.00414 e. The fourth-order valence-corrected chi connectivity index (χ4v) is 2.37. The highest BCUT2D eigenvalue weighted by Crippen LogP contribution is 2.33. The van der Waals surface area contributed by atoms with Crippen molar-refractivity contribution in [1.82, 2.24) is 5.32 Å². The van der Waals surface area contributed by atoms with Gasteiger partial charge in [0.25, 0.3) is 0 Å². The van der Waals surface area contributed by atoms with Crippen molar-refractivity contribution in [3.63, 3.8) is 0 Å². The van der Waals surface area contributed by atoms with E-state index in [0.29, 0.717) is 0 Å². The molecule has 78 valence electrons. The van der Waals surface area contributed by atoms with Crippen molar-refractivity contribution in [2.24, 2.45) is 11.8 Å². The van der Waals surface area contributed by atoms with Crippen LogP contribution in [0.3, 0.4) is 0 Å². The van der Waals surface area contributed by atoms with E-state index in [4.69, 9.17) is 0 Å². The molecule has 2 atom stereocenters. The Morgan fingerprint density at radius 2 is 2.08 bits per heavy atom. The molecule has 1 aliphatic carbocycles. The topological polar surface area (TPSA) is 12.0 Å². The fraction of sp³-hybridized carbons (Fsp3) is 1.00. The van der Waals surface area contributed by atoms with Crippen molar-refractivity contribution in [3.05, 3.63) is 0 Å². The van der Waals surface area contributed by atoms with Gasteiger partial charge in [0.2, 0.25) is 0 Å². The predicted octanol–water partition coefficient (Wildman–Crippen LogP) is 2.76. The van der Waals surface area contributed by atoms with Crippen molar-refractivity contribution < 1.29 is 0 Å². The maximum atomic E-state index is 3.63. The molecule has 0 aliphatic heterocycles. The molecule has 0 spiro atoms. The number of nitrogens with one attached hydrogen (secondary N) is 1. The van der Waals surface area contributed by atoms with Crippen LogP contribution in [0.4, 0.5) is 0 Å². The molecule has 0 amide bonds. The highest BCUT2D eigenvalue weighted by atomic mass is 32.2. The Labute approximate surface area is 87.1 Å². The van der Waals surface area contributed by atoms with Crippen LogP contribution in [0.2, 0.25) is 0 Å². The standard InChI is InChI=1S/C11H23NS/c1-9(8-13-3)7-12-10(2)6-11-4-5-11/h9-12H,4-8H2,1-3H3. The van der Waals surface area contributed by atoms with Crippen molar-refractivity contribution in [1.29, 1.82) is 0 Å². The van der Waals surface area contributed by atoms with Crippen molar-refractivity contribution >= 4 is 11.8 Å². The minimum Gasteiger partial charge on any atom is -0.314 e. The molecule has 1 nitrogen and oxygen atoms in total. The molecular formula is C11H23NS. The third kappa shape index (κ3) is 5.58. The second kappa shape index (κ2) is 5.92. The molecule has 1 saturated carbocycles. The SMILES string of the molecule is CSCC(C)CNC(C)CC1CC1. The maximum absolute atomic E-state index is 3.63. The van der Waals surface area contributed by atoms with E-state index in [1.54, 1.807) is 0 Å². The summed E-state index contributed by atoms with van der Waals surface area (Å²) >= 11 is 1.95. The van der Waals surface area contributed by atoms with Gasteiger partial charge >= 0.3 is 0 Å². The second-order valence-corrected chi connectivity index (χ2v) is 5.46. The summed E-state index contributed by atoms with van der Waals surface area (Å²) in [5.41, 5.74) is 0. The van der Waals surface area contributed by atoms with Crippen molar-refractivity contribution in [2.45, 2.75) is 39.2 Å². The lowest BCUT2D eigenvalue weighted by Crippen LogP contribution is -2.31. The van der Waals surface area contributed by atoms with Gasteiger partial charge in [-0.2, -0.15) is 11.8 Å². The van der Waals surface area contributed by atoms with E-state index >= 15 is 0 Å². The van der Waals surface area contributed by atoms with E-state index in [1.165, 1.54) is 31.6 Å². The van der Waals surface area contributed by atoms with Gasteiger partial charge in [-0.15, -0.1) is 0 Å². The first-order chi connectivity index (χ1) is 6.22. The first kappa shape index (κ1) is 11.4. The number of rotatable bonds is 7. The van der Waals surface area contributed by atoms with E-state index in [2.05, 4.69) is 25.4 Å². The highest BCUT2D eigenvalue weighted by Gasteiger charge is 2.23. The molecule has 1 N–H and O–H groups in total. The van der Waals surface area contributed by atoms with Gasteiger partial charge in [-0.05, 0) is 43.7 Å². The summed E-state index contributed by atoms with van der Waals surface area (Å²) in [5.74, 6) is 3.15. The molecule has 2 heteroatoms. The highest BCUT2D eigenvalue weighted by molar-refractivity contribution is 7.98. The molecule has 0 bridgehead atoms. The lowest BCUT2D eigenvalue weighted by molar-refractivity contribution is 0.450. The second-order valence-electron chi connectivity index (χ2n) is 4.55. The summed E-state index contributed by atoms with van der Waals surface area (Å²) in [6.07, 6.45) is 6.54. The zero-order valence-corrected chi connectivity index (χ0v) is 9.99. The first-order valence-electron chi connectivity index (χ1n) is 5.44. The van der Waals surface area contributed by atoms with Gasteiger partial charge in [0.05, 0.1) is 0 Å². The molecule has 0 aromatic carbocycles. The van der Waals surface area contributed by atoms with E-state index in [9.17, 15) is 0 Å². The minimum atomic E-state index is 0.733. The number of hydrogen-bond acceptors (Lipinski definition) is 2. The van der Waals surface area contributed by atoms with Crippen LogP contribution in [0.1, 0.15) is 33.1 Å². The van der Waals surface area contributed by atoms with Crippen LogP contribution in [0.5, 0.6) is 0 Å². The lowest BCUT2D eigenvalue weighted by atomic mass is 10.1. The number of hydrogen-bond donors (Lipinski definition) is 1. The molecule has 0 aromatic heterocycles. The van der Waals surface area contributed by atoms with E-state index < -0.39 is 0 Å². The molecule has 0 aromatic rings. The normalized spacial score (nSPS) is 21.5. The largest absolute Gasteiger partial charge is 0.314 e. The summed E-state index contributed by atoms with van der Waals surface area (Å²) in [6, 6.07) is 0.733. The van der Waals surface area contributed by atoms with Gasteiger partial charge in [0, 0.05) is 6.04 Å². The molecule has 1 rings (SSSR count). The summed E-state index contributed by atoms with van der Waals surface area (Å²) < 4.78 is 0. The predicted molar refractivity (Wildman–Crippen MR) is 62.4 cm³/mol. The Hall–Kier alpha value is 0.310. The van der Waals surface area contributed by atoms with Crippen LogP contribution < -0.4 is 5.32 Å². The zero-order valence-electron chi connectivity index (χ0n) is 9.18. The quantitative estimate of drug-likeness (QED) is 0.680. The van der Waals surface area contributed by atoms with Crippen molar-refractivity contribution in [3.8, 4) is 0 Å². The van der Waals surface area contributed by atoms with Crippen LogP contribution in [0, 0.1) is 11.8 Å². The average Bonchev–Trinajstić information content (AvgIpc) is 2.85. The molecule has 0 heterocycles. The Kier molecular flexibility index (Phi) is 5.18. The third-order valence-corrected chi connectivity index (χ3v) is 3.55. The van der Waals surface area contributed by atoms with Gasteiger partial charge in [-0.1, -0.05) is 19.8 Å². The van der Waals surface area contributed by atoms with E-state index in [1.807, 2.05) is 11.8 Å². The molecule has 1 aliphatic rings. The number of thioether (sulfide) groups is 1. The maximum Gasteiger partial charge on any atom is 0.00414 e. The Morgan fingerprint density at radius 3 is 2.62 bits per heavy atom. The van der Waals surface area contributed by atoms with Gasteiger partial charge in [0.15, 0.2) is 0 Å². The van der Waals surface area contributed by atoms with Crippen LogP contribution in [-0.2, 0) is 0 Å². The minimum absolute atomic E-state index is 0.733. The van der Waals surface area contributed by atoms with Gasteiger partial charge in [-0.3, -0.25) is 0 Å². The van der Waals surface area contributed by atoms with Gasteiger partial charge in [0.1, 0.15) is 0 Å². The molecule has 2 unspecified atom stereocenters. The molecule has 1 fully saturated rings. The van der Waals surface area contributed by atoms with Crippen LogP contribution in [0.25, 0.3) is 0 Å². The molecule has 0 saturated heterocycles. The fourth-order valence-electron chi connectivity index (χ4n) is 1.68. The summed E-state index contributed by atoms with van der Waals surface area (Å²) in [7, 11) is 0. The molecule has 0 radical (unpaired) electrons. The Balaban J connectivity index is 1.96. The van der Waals surface area contributed by atoms with Crippen LogP contribution >= 0.6 is 11.8 Å². The first-order valence-corrected chi connectivity index (χ1v) is 6.84. The Bertz CT molecular complexity index is 134. The van der Waals surface area contributed by atoms with Crippen LogP contribution in [-0.4, -0.2) is 24.6 Å². The zero-order chi connectivity index (χ0) is 9.68. The molecule has 13 heavy (non-hydrogen) atoms. The summed E-state index contributed by atoms with van der Waals surface area (Å²) in [4.78, 5) is 0. The van der Waals surface area contributed by atoms with Gasteiger partial charge in [-0.25, -0.2) is 0 Å². The van der Waals surface area contributed by atoms with Crippen LogP contribution in [0.15, 0.2) is 0 Å². The summed E-state index contributed by atoms with van der Waals surface area (Å²) in [6.45, 7) is 5.84. The van der Waals surface area contributed by atoms with E-state index in [-0.39, 0.29) is 0 Å². The van der Waals surface area contributed by atoms with Crippen molar-refractivity contribution in [2.75, 3.05) is 18.6 Å². The van der Waals surface area contributed by atoms with E-state index in [0.717, 1.165) is 17.9 Å². The summed E-state index contributed by atoms with van der Waals surface area (Å²) in [5, 5.41) is 3.63. The average molecular weight is 201 g/mol. The lowest BCUT2D eigenvalue weighted by Gasteiger charge is -2.16. The Morgan fingerprint density at radius 1 is 1.38 bits per heavy atom. The third-order valence-electron chi connectivity index (χ3n) is 2.65.